The van der Waals surface area contributed by atoms with Gasteiger partial charge in [-0.1, -0.05) is 0 Å². The summed E-state index contributed by atoms with van der Waals surface area (Å²) in [6.07, 6.45) is 2.20. The molecule has 0 aliphatic carbocycles. The zero-order chi connectivity index (χ0) is 15.4. The van der Waals surface area contributed by atoms with Gasteiger partial charge in [-0.05, 0) is 24.3 Å². The molecule has 2 rings (SSSR count). The Balaban J connectivity index is 2.12. The van der Waals surface area contributed by atoms with Crippen molar-refractivity contribution in [3.63, 3.8) is 0 Å². The largest absolute Gasteiger partial charge is 0.366 e. The van der Waals surface area contributed by atoms with Crippen molar-refractivity contribution in [1.29, 1.82) is 0 Å². The fraction of sp³-hybridized carbons (Fsp3) is 0.0769. The molecule has 0 saturated carbocycles. The third kappa shape index (κ3) is 3.72. The molecule has 0 bridgehead atoms. The van der Waals surface area contributed by atoms with Crippen LogP contribution >= 0.6 is 0 Å². The zero-order valence-corrected chi connectivity index (χ0v) is 10.7. The first-order valence-corrected chi connectivity index (χ1v) is 5.87. The lowest BCUT2D eigenvalue weighted by atomic mass is 10.3. The van der Waals surface area contributed by atoms with E-state index in [1.165, 1.54) is 24.3 Å². The highest BCUT2D eigenvalue weighted by Crippen LogP contribution is 2.08. The Morgan fingerprint density at radius 1 is 1.29 bits per heavy atom. The van der Waals surface area contributed by atoms with Crippen LogP contribution in [0.2, 0.25) is 0 Å². The van der Waals surface area contributed by atoms with Crippen LogP contribution in [0.1, 0.15) is 10.4 Å². The number of nitrogens with two attached hydrogens (primary N) is 1. The second-order valence-electron chi connectivity index (χ2n) is 4.17. The van der Waals surface area contributed by atoms with Gasteiger partial charge >= 0.3 is 5.69 Å². The van der Waals surface area contributed by atoms with Crippen molar-refractivity contribution in [1.82, 2.24) is 9.55 Å². The number of amides is 2. The van der Waals surface area contributed by atoms with Crippen molar-refractivity contribution in [2.45, 2.75) is 6.54 Å². The molecule has 1 heterocycles. The molecule has 0 fully saturated rings. The topological polar surface area (TPSA) is 107 Å². The molecule has 0 aliphatic heterocycles. The van der Waals surface area contributed by atoms with Crippen molar-refractivity contribution in [3.05, 3.63) is 58.5 Å². The molecule has 0 saturated heterocycles. The summed E-state index contributed by atoms with van der Waals surface area (Å²) in [5.74, 6) is -1.70. The van der Waals surface area contributed by atoms with Crippen LogP contribution in [0.15, 0.2) is 41.5 Å². The van der Waals surface area contributed by atoms with E-state index in [0.717, 1.165) is 17.0 Å². The normalized spacial score (nSPS) is 10.1. The Bertz CT molecular complexity index is 740. The maximum atomic E-state index is 12.7. The third-order valence-corrected chi connectivity index (χ3v) is 2.58. The summed E-state index contributed by atoms with van der Waals surface area (Å²) in [5, 5.41) is 2.48. The van der Waals surface area contributed by atoms with Gasteiger partial charge in [-0.25, -0.2) is 14.2 Å². The number of hydrogen-bond acceptors (Lipinski definition) is 4. The first-order valence-electron chi connectivity index (χ1n) is 5.87. The molecule has 1 aromatic heterocycles. The van der Waals surface area contributed by atoms with E-state index in [2.05, 4.69) is 10.3 Å². The Kier molecular flexibility index (Phi) is 4.07. The van der Waals surface area contributed by atoms with Gasteiger partial charge < -0.3 is 11.1 Å². The van der Waals surface area contributed by atoms with Crippen LogP contribution in [-0.4, -0.2) is 21.4 Å². The minimum atomic E-state index is -0.754. The molecule has 1 aromatic carbocycles. The van der Waals surface area contributed by atoms with Crippen LogP contribution in [-0.2, 0) is 11.3 Å². The first kappa shape index (κ1) is 14.4. The van der Waals surface area contributed by atoms with Crippen molar-refractivity contribution in [2.24, 2.45) is 5.73 Å². The lowest BCUT2D eigenvalue weighted by Crippen LogP contribution is -2.30. The smallest absolute Gasteiger partial charge is 0.348 e. The second-order valence-corrected chi connectivity index (χ2v) is 4.17. The van der Waals surface area contributed by atoms with E-state index in [1.807, 2.05) is 0 Å². The molecule has 8 heteroatoms. The maximum Gasteiger partial charge on any atom is 0.348 e. The van der Waals surface area contributed by atoms with Gasteiger partial charge in [-0.2, -0.15) is 0 Å². The van der Waals surface area contributed by atoms with Crippen LogP contribution in [0.25, 0.3) is 0 Å². The van der Waals surface area contributed by atoms with Gasteiger partial charge in [0.2, 0.25) is 5.91 Å². The molecular weight excluding hydrogens is 279 g/mol. The second kappa shape index (κ2) is 5.95. The fourth-order valence-corrected chi connectivity index (χ4v) is 1.58. The van der Waals surface area contributed by atoms with E-state index < -0.39 is 23.3 Å². The summed E-state index contributed by atoms with van der Waals surface area (Å²) in [5.41, 5.74) is 4.79. The number of halogens is 1. The lowest BCUT2D eigenvalue weighted by molar-refractivity contribution is -0.116. The van der Waals surface area contributed by atoms with Gasteiger partial charge in [0.05, 0.1) is 5.56 Å². The minimum Gasteiger partial charge on any atom is -0.366 e. The van der Waals surface area contributed by atoms with Crippen molar-refractivity contribution in [3.8, 4) is 0 Å². The summed E-state index contributed by atoms with van der Waals surface area (Å²) in [6.45, 7) is -0.343. The monoisotopic (exact) mass is 290 g/mol. The number of hydrogen-bond donors (Lipinski definition) is 2. The Morgan fingerprint density at radius 3 is 2.57 bits per heavy atom. The van der Waals surface area contributed by atoms with Crippen LogP contribution < -0.4 is 16.7 Å². The van der Waals surface area contributed by atoms with E-state index in [4.69, 9.17) is 5.73 Å². The van der Waals surface area contributed by atoms with E-state index in [1.54, 1.807) is 0 Å². The standard InChI is InChI=1S/C13H11FN4O3/c14-9-1-3-10(4-2-9)17-11(19)7-18-6-8(12(15)20)5-16-13(18)21/h1-6H,7H2,(H2,15,20)(H,17,19). The van der Waals surface area contributed by atoms with Crippen molar-refractivity contribution in [2.75, 3.05) is 5.32 Å². The number of anilines is 1. The average molecular weight is 290 g/mol. The molecule has 2 aromatic rings. The van der Waals surface area contributed by atoms with E-state index >= 15 is 0 Å². The van der Waals surface area contributed by atoms with Crippen LogP contribution in [0.5, 0.6) is 0 Å². The van der Waals surface area contributed by atoms with Gasteiger partial charge in [-0.15, -0.1) is 0 Å². The van der Waals surface area contributed by atoms with Crippen LogP contribution in [0.3, 0.4) is 0 Å². The molecule has 3 N–H and O–H groups in total. The molecule has 0 aliphatic rings. The summed E-state index contributed by atoms with van der Waals surface area (Å²) in [6, 6.07) is 5.15. The van der Waals surface area contributed by atoms with Gasteiger partial charge in [0, 0.05) is 18.1 Å². The zero-order valence-electron chi connectivity index (χ0n) is 10.7. The molecule has 2 amide bonds. The van der Waals surface area contributed by atoms with Crippen molar-refractivity contribution < 1.29 is 14.0 Å². The predicted molar refractivity (Wildman–Crippen MR) is 72.0 cm³/mol. The first-order chi connectivity index (χ1) is 9.95. The molecule has 7 nitrogen and oxygen atoms in total. The Morgan fingerprint density at radius 2 is 1.95 bits per heavy atom. The molecule has 0 unspecified atom stereocenters. The number of benzene rings is 1. The number of nitrogens with one attached hydrogen (secondary N) is 1. The molecule has 0 spiro atoms. The van der Waals surface area contributed by atoms with Gasteiger partial charge in [0.25, 0.3) is 5.91 Å². The number of nitrogens with zero attached hydrogens (tertiary/aromatic N) is 2. The van der Waals surface area contributed by atoms with Crippen LogP contribution in [0.4, 0.5) is 10.1 Å². The van der Waals surface area contributed by atoms with Crippen molar-refractivity contribution >= 4 is 17.5 Å². The SMILES string of the molecule is NC(=O)c1cnc(=O)n(CC(=O)Nc2ccc(F)cc2)c1. The highest BCUT2D eigenvalue weighted by Gasteiger charge is 2.09. The number of rotatable bonds is 4. The minimum absolute atomic E-state index is 0.0178. The number of carbonyl (C=O) groups is 2. The molecule has 0 atom stereocenters. The van der Waals surface area contributed by atoms with Gasteiger partial charge in [-0.3, -0.25) is 14.2 Å². The Hall–Kier alpha value is -3.03. The summed E-state index contributed by atoms with van der Waals surface area (Å²) < 4.78 is 13.7. The van der Waals surface area contributed by atoms with Gasteiger partial charge in [0.15, 0.2) is 0 Å². The molecule has 0 radical (unpaired) electrons. The highest BCUT2D eigenvalue weighted by atomic mass is 19.1. The van der Waals surface area contributed by atoms with E-state index in [0.29, 0.717) is 5.69 Å². The molecule has 21 heavy (non-hydrogen) atoms. The lowest BCUT2D eigenvalue weighted by Gasteiger charge is -2.07. The van der Waals surface area contributed by atoms with E-state index in [9.17, 15) is 18.8 Å². The summed E-state index contributed by atoms with van der Waals surface area (Å²) in [4.78, 5) is 37.7. The van der Waals surface area contributed by atoms with Gasteiger partial charge in [0.1, 0.15) is 12.4 Å². The molecular formula is C13H11FN4O3. The number of carbonyl (C=O) groups excluding carboxylic acids is 2. The highest BCUT2D eigenvalue weighted by molar-refractivity contribution is 5.92. The Labute approximate surface area is 118 Å². The fourth-order valence-electron chi connectivity index (χ4n) is 1.58. The molecule has 108 valence electrons. The third-order valence-electron chi connectivity index (χ3n) is 2.58. The number of primary amides is 1. The summed E-state index contributed by atoms with van der Waals surface area (Å²) in [7, 11) is 0. The maximum absolute atomic E-state index is 12.7. The number of aromatic nitrogens is 2. The summed E-state index contributed by atoms with van der Waals surface area (Å²) >= 11 is 0. The van der Waals surface area contributed by atoms with Crippen LogP contribution in [0, 0.1) is 5.82 Å². The quantitative estimate of drug-likeness (QED) is 0.833. The predicted octanol–water partition coefficient (Wildman–Crippen LogP) is 0.120. The van der Waals surface area contributed by atoms with E-state index in [-0.39, 0.29) is 12.1 Å². The average Bonchev–Trinajstić information content (AvgIpc) is 2.43.